The summed E-state index contributed by atoms with van der Waals surface area (Å²) in [6.45, 7) is 5.50. The van der Waals surface area contributed by atoms with E-state index in [1.165, 1.54) is 29.2 Å². The van der Waals surface area contributed by atoms with Gasteiger partial charge in [-0.25, -0.2) is 23.9 Å². The number of urea groups is 2. The average Bonchev–Trinajstić information content (AvgIpc) is 2.95. The summed E-state index contributed by atoms with van der Waals surface area (Å²) in [6.07, 6.45) is 0. The Bertz CT molecular complexity index is 1390. The Morgan fingerprint density at radius 1 is 1.02 bits per heavy atom. The molecule has 3 aromatic rings. The quantitative estimate of drug-likeness (QED) is 0.355. The minimum Gasteiger partial charge on any atom is -0.497 e. The van der Waals surface area contributed by atoms with Crippen LogP contribution in [0.5, 0.6) is 5.75 Å². The van der Waals surface area contributed by atoms with E-state index in [0.717, 1.165) is 21.7 Å². The van der Waals surface area contributed by atoms with Crippen LogP contribution < -0.4 is 21.5 Å². The number of amides is 4. The molecule has 0 saturated carbocycles. The van der Waals surface area contributed by atoms with Crippen molar-refractivity contribution in [2.45, 2.75) is 19.6 Å². The number of para-hydroxylation sites is 1. The minimum absolute atomic E-state index is 0.0997. The van der Waals surface area contributed by atoms with Gasteiger partial charge in [0.15, 0.2) is 5.96 Å². The predicted octanol–water partition coefficient (Wildman–Crippen LogP) is 3.86. The molecule has 0 bridgehead atoms. The lowest BCUT2D eigenvalue weighted by Gasteiger charge is -2.32. The third-order valence-electron chi connectivity index (χ3n) is 6.43. The molecule has 0 spiro atoms. The van der Waals surface area contributed by atoms with Crippen LogP contribution in [0.1, 0.15) is 16.7 Å². The van der Waals surface area contributed by atoms with Crippen LogP contribution in [0, 0.1) is 5.82 Å². The predicted molar refractivity (Wildman–Crippen MR) is 151 cm³/mol. The van der Waals surface area contributed by atoms with Crippen molar-refractivity contribution in [3.05, 3.63) is 108 Å². The molecular weight excluding hydrogens is 513 g/mol. The van der Waals surface area contributed by atoms with E-state index >= 15 is 0 Å². The molecular formula is C29H32FN7O3. The van der Waals surface area contributed by atoms with Gasteiger partial charge >= 0.3 is 12.1 Å². The normalized spacial score (nSPS) is 12.2. The second-order valence-electron chi connectivity index (χ2n) is 9.16. The number of fused-ring (bicyclic) bond motifs is 1. The van der Waals surface area contributed by atoms with E-state index in [-0.39, 0.29) is 18.9 Å². The van der Waals surface area contributed by atoms with Crippen LogP contribution in [-0.4, -0.2) is 52.9 Å². The molecule has 1 aliphatic heterocycles. The summed E-state index contributed by atoms with van der Waals surface area (Å²) in [6, 6.07) is 18.8. The van der Waals surface area contributed by atoms with Gasteiger partial charge in [-0.3, -0.25) is 4.90 Å². The molecule has 0 fully saturated rings. The number of aliphatic imine (C=N–C) groups is 1. The molecule has 1 aliphatic rings. The fourth-order valence-corrected chi connectivity index (χ4v) is 4.21. The topological polar surface area (TPSA) is 130 Å². The maximum atomic E-state index is 13.7. The van der Waals surface area contributed by atoms with Crippen molar-refractivity contribution >= 4 is 23.7 Å². The molecule has 0 radical (unpaired) electrons. The van der Waals surface area contributed by atoms with E-state index in [0.29, 0.717) is 36.9 Å². The lowest BCUT2D eigenvalue weighted by atomic mass is 10.1. The fraction of sp³-hybridized carbons (Fsp3) is 0.207. The van der Waals surface area contributed by atoms with E-state index in [1.54, 1.807) is 19.2 Å². The molecule has 0 atom stereocenters. The third-order valence-corrected chi connectivity index (χ3v) is 6.43. The summed E-state index contributed by atoms with van der Waals surface area (Å²) in [4.78, 5) is 34.6. The number of primary amides is 1. The molecule has 3 aromatic carbocycles. The van der Waals surface area contributed by atoms with Gasteiger partial charge in [0.25, 0.3) is 0 Å². The Morgan fingerprint density at radius 2 is 1.65 bits per heavy atom. The molecule has 0 aromatic heterocycles. The van der Waals surface area contributed by atoms with Crippen LogP contribution in [0.15, 0.2) is 90.2 Å². The molecule has 40 heavy (non-hydrogen) atoms. The zero-order valence-electron chi connectivity index (χ0n) is 22.2. The van der Waals surface area contributed by atoms with E-state index in [2.05, 4.69) is 16.9 Å². The minimum atomic E-state index is -0.946. The number of hydrogen-bond donors (Lipinski definition) is 3. The number of nitrogens with one attached hydrogen (secondary N) is 1. The van der Waals surface area contributed by atoms with E-state index in [1.807, 2.05) is 41.3 Å². The Morgan fingerprint density at radius 3 is 2.30 bits per heavy atom. The molecule has 10 nitrogen and oxygen atoms in total. The van der Waals surface area contributed by atoms with E-state index in [4.69, 9.17) is 16.2 Å². The highest BCUT2D eigenvalue weighted by molar-refractivity contribution is 5.93. The van der Waals surface area contributed by atoms with Crippen molar-refractivity contribution in [1.82, 2.24) is 20.0 Å². The number of rotatable bonds is 10. The standard InChI is InChI=1S/C29H32FN7O3/c1-20(33-15-16-35-19-23-5-3-4-6-26(23)34-27(35)31)36(17-22-9-13-25(40-2)14-10-22)29(39)37(28(32)38)18-21-7-11-24(30)12-8-21/h3-14,33H,1,15-19H2,2H3,(H2,31,34)(H2,32,38). The van der Waals surface area contributed by atoms with Gasteiger partial charge in [-0.2, -0.15) is 0 Å². The highest BCUT2D eigenvalue weighted by atomic mass is 19.1. The average molecular weight is 546 g/mol. The summed E-state index contributed by atoms with van der Waals surface area (Å²) in [5.41, 5.74) is 15.0. The first-order valence-corrected chi connectivity index (χ1v) is 12.6. The highest BCUT2D eigenvalue weighted by Crippen LogP contribution is 2.24. The summed E-state index contributed by atoms with van der Waals surface area (Å²) in [7, 11) is 1.56. The van der Waals surface area contributed by atoms with Crippen molar-refractivity contribution in [1.29, 1.82) is 0 Å². The smallest absolute Gasteiger partial charge is 0.334 e. The monoisotopic (exact) mass is 545 g/mol. The number of imide groups is 1. The van der Waals surface area contributed by atoms with Crippen LogP contribution in [0.3, 0.4) is 0 Å². The molecule has 0 saturated heterocycles. The van der Waals surface area contributed by atoms with Crippen LogP contribution in [0.25, 0.3) is 0 Å². The van der Waals surface area contributed by atoms with Gasteiger partial charge in [0.2, 0.25) is 0 Å². The Hall–Kier alpha value is -5.06. The molecule has 11 heteroatoms. The van der Waals surface area contributed by atoms with Gasteiger partial charge in [0, 0.05) is 19.6 Å². The molecule has 0 unspecified atom stereocenters. The summed E-state index contributed by atoms with van der Waals surface area (Å²) < 4.78 is 18.6. The van der Waals surface area contributed by atoms with Crippen molar-refractivity contribution in [2.75, 3.05) is 20.2 Å². The molecule has 0 aliphatic carbocycles. The van der Waals surface area contributed by atoms with Gasteiger partial charge < -0.3 is 26.4 Å². The first-order valence-electron chi connectivity index (χ1n) is 12.6. The zero-order chi connectivity index (χ0) is 28.6. The number of carbonyl (C=O) groups excluding carboxylic acids is 2. The van der Waals surface area contributed by atoms with Gasteiger partial charge in [-0.1, -0.05) is 49.0 Å². The second kappa shape index (κ2) is 12.7. The number of halogens is 1. The number of carbonyl (C=O) groups is 2. The number of guanidine groups is 1. The van der Waals surface area contributed by atoms with Gasteiger partial charge in [0.1, 0.15) is 17.4 Å². The maximum Gasteiger partial charge on any atom is 0.334 e. The van der Waals surface area contributed by atoms with Crippen molar-refractivity contribution in [3.63, 3.8) is 0 Å². The van der Waals surface area contributed by atoms with E-state index in [9.17, 15) is 14.0 Å². The van der Waals surface area contributed by atoms with Crippen molar-refractivity contribution in [2.24, 2.45) is 16.5 Å². The molecule has 1 heterocycles. The molecule has 4 rings (SSSR count). The Kier molecular flexibility index (Phi) is 8.85. The number of hydrogen-bond acceptors (Lipinski definition) is 7. The summed E-state index contributed by atoms with van der Waals surface area (Å²) in [5.74, 6) is 0.897. The fourth-order valence-electron chi connectivity index (χ4n) is 4.21. The van der Waals surface area contributed by atoms with Gasteiger partial charge in [-0.15, -0.1) is 0 Å². The van der Waals surface area contributed by atoms with Crippen LogP contribution in [0.2, 0.25) is 0 Å². The van der Waals surface area contributed by atoms with Crippen LogP contribution >= 0.6 is 0 Å². The number of benzene rings is 3. The number of nitrogens with zero attached hydrogens (tertiary/aromatic N) is 4. The summed E-state index contributed by atoms with van der Waals surface area (Å²) in [5, 5.41) is 3.17. The third kappa shape index (κ3) is 6.87. The Balaban J connectivity index is 1.48. The number of ether oxygens (including phenoxy) is 1. The van der Waals surface area contributed by atoms with Crippen molar-refractivity contribution < 1.29 is 18.7 Å². The second-order valence-corrected chi connectivity index (χ2v) is 9.16. The van der Waals surface area contributed by atoms with Crippen LogP contribution in [0.4, 0.5) is 19.7 Å². The van der Waals surface area contributed by atoms with Gasteiger partial charge in [-0.05, 0) is 47.0 Å². The Labute approximate surface area is 232 Å². The lowest BCUT2D eigenvalue weighted by Crippen LogP contribution is -2.49. The first kappa shape index (κ1) is 28.0. The van der Waals surface area contributed by atoms with Crippen molar-refractivity contribution in [3.8, 4) is 5.75 Å². The zero-order valence-corrected chi connectivity index (χ0v) is 22.2. The largest absolute Gasteiger partial charge is 0.497 e. The molecule has 208 valence electrons. The SMILES string of the molecule is C=C(NCCN1Cc2ccccc2N=C1N)N(Cc1ccc(OC)cc1)C(=O)N(Cc1ccc(F)cc1)C(N)=O. The number of nitrogens with two attached hydrogens (primary N) is 2. The first-order chi connectivity index (χ1) is 19.2. The van der Waals surface area contributed by atoms with E-state index < -0.39 is 17.9 Å². The van der Waals surface area contributed by atoms with Gasteiger partial charge in [0.05, 0.1) is 25.9 Å². The number of methoxy groups -OCH3 is 1. The lowest BCUT2D eigenvalue weighted by molar-refractivity contribution is 0.161. The maximum absolute atomic E-state index is 13.7. The molecule has 4 amide bonds. The summed E-state index contributed by atoms with van der Waals surface area (Å²) >= 11 is 0. The molecule has 5 N–H and O–H groups in total. The highest BCUT2D eigenvalue weighted by Gasteiger charge is 2.28. The van der Waals surface area contributed by atoms with Crippen LogP contribution in [-0.2, 0) is 19.6 Å².